The van der Waals surface area contributed by atoms with E-state index in [1.54, 1.807) is 4.68 Å². The van der Waals surface area contributed by atoms with Crippen LogP contribution < -0.4 is 10.1 Å². The highest BCUT2D eigenvalue weighted by atomic mass is 16.5. The lowest BCUT2D eigenvalue weighted by atomic mass is 9.95. The van der Waals surface area contributed by atoms with Crippen molar-refractivity contribution in [2.75, 3.05) is 5.32 Å². The van der Waals surface area contributed by atoms with Crippen molar-refractivity contribution in [3.63, 3.8) is 0 Å². The van der Waals surface area contributed by atoms with Crippen molar-refractivity contribution in [3.8, 4) is 11.5 Å². The highest BCUT2D eigenvalue weighted by Gasteiger charge is 2.34. The predicted octanol–water partition coefficient (Wildman–Crippen LogP) is 5.10. The monoisotopic (exact) mass is 438 g/mol. The van der Waals surface area contributed by atoms with Crippen molar-refractivity contribution in [2.45, 2.75) is 19.6 Å². The summed E-state index contributed by atoms with van der Waals surface area (Å²) in [5.41, 5.74) is 2.90. The van der Waals surface area contributed by atoms with Crippen LogP contribution in [0.25, 0.3) is 0 Å². The number of nitrogens with zero attached hydrogens (tertiary/aromatic N) is 3. The number of ether oxygens (including phenoxy) is 2. The molecule has 1 N–H and O–H groups in total. The Kier molecular flexibility index (Phi) is 5.59. The molecule has 4 aromatic rings. The first-order valence-electron chi connectivity index (χ1n) is 10.6. The van der Waals surface area contributed by atoms with E-state index in [9.17, 15) is 4.79 Å². The van der Waals surface area contributed by atoms with Crippen molar-refractivity contribution >= 4 is 11.9 Å². The molecular formula is C26H22N4O3. The number of allylic oxidation sites excluding steroid dienone is 1. The average molecular weight is 438 g/mol. The number of benzene rings is 3. The molecule has 0 aliphatic carbocycles. The molecule has 0 bridgehead atoms. The van der Waals surface area contributed by atoms with Crippen LogP contribution >= 0.6 is 0 Å². The van der Waals surface area contributed by atoms with Gasteiger partial charge in [-0.2, -0.15) is 10.1 Å². The molecular weight excluding hydrogens is 416 g/mol. The number of anilines is 1. The van der Waals surface area contributed by atoms with Crippen molar-refractivity contribution in [3.05, 3.63) is 114 Å². The van der Waals surface area contributed by atoms with Gasteiger partial charge in [0.05, 0.1) is 5.57 Å². The third-order valence-corrected chi connectivity index (χ3v) is 5.38. The molecule has 7 nitrogen and oxygen atoms in total. The van der Waals surface area contributed by atoms with Crippen LogP contribution in [0.2, 0.25) is 0 Å². The van der Waals surface area contributed by atoms with Crippen LogP contribution in [0.3, 0.4) is 0 Å². The smallest absolute Gasteiger partial charge is 0.338 e. The van der Waals surface area contributed by atoms with Crippen LogP contribution in [-0.2, 0) is 16.1 Å². The zero-order valence-electron chi connectivity index (χ0n) is 18.0. The van der Waals surface area contributed by atoms with E-state index in [0.29, 0.717) is 23.0 Å². The van der Waals surface area contributed by atoms with Gasteiger partial charge in [0.25, 0.3) is 0 Å². The Morgan fingerprint density at radius 3 is 2.48 bits per heavy atom. The number of carbonyl (C=O) groups is 1. The van der Waals surface area contributed by atoms with Crippen LogP contribution in [0.1, 0.15) is 24.1 Å². The number of carbonyl (C=O) groups excluding carboxylic acids is 1. The minimum atomic E-state index is -0.508. The average Bonchev–Trinajstić information content (AvgIpc) is 3.31. The fraction of sp³-hybridized carbons (Fsp3) is 0.115. The molecule has 1 aliphatic heterocycles. The number of hydrogen-bond donors (Lipinski definition) is 1. The molecule has 0 unspecified atom stereocenters. The summed E-state index contributed by atoms with van der Waals surface area (Å²) < 4.78 is 13.4. The third kappa shape index (κ3) is 4.34. The first-order chi connectivity index (χ1) is 16.2. The van der Waals surface area contributed by atoms with Crippen molar-refractivity contribution < 1.29 is 14.3 Å². The molecule has 33 heavy (non-hydrogen) atoms. The number of rotatable bonds is 6. The van der Waals surface area contributed by atoms with E-state index in [4.69, 9.17) is 9.47 Å². The molecule has 1 aromatic heterocycles. The lowest BCUT2D eigenvalue weighted by Gasteiger charge is -2.28. The number of fused-ring (bicyclic) bond motifs is 1. The minimum absolute atomic E-state index is 0.185. The topological polar surface area (TPSA) is 78.3 Å². The molecule has 2 heterocycles. The van der Waals surface area contributed by atoms with Gasteiger partial charge in [0, 0.05) is 5.70 Å². The summed E-state index contributed by atoms with van der Waals surface area (Å²) >= 11 is 0. The van der Waals surface area contributed by atoms with Crippen molar-refractivity contribution in [1.29, 1.82) is 0 Å². The van der Waals surface area contributed by atoms with Crippen molar-refractivity contribution in [1.82, 2.24) is 14.8 Å². The van der Waals surface area contributed by atoms with Gasteiger partial charge in [-0.25, -0.2) is 9.48 Å². The first-order valence-corrected chi connectivity index (χ1v) is 10.6. The molecule has 7 heteroatoms. The molecule has 0 fully saturated rings. The maximum Gasteiger partial charge on any atom is 0.338 e. The molecule has 1 aliphatic rings. The van der Waals surface area contributed by atoms with Gasteiger partial charge in [-0.05, 0) is 42.3 Å². The van der Waals surface area contributed by atoms with Crippen LogP contribution in [0.4, 0.5) is 5.95 Å². The molecule has 0 radical (unpaired) electrons. The molecule has 0 amide bonds. The summed E-state index contributed by atoms with van der Waals surface area (Å²) in [4.78, 5) is 17.5. The third-order valence-electron chi connectivity index (χ3n) is 5.38. The van der Waals surface area contributed by atoms with E-state index >= 15 is 0 Å². The zero-order chi connectivity index (χ0) is 22.6. The minimum Gasteiger partial charge on any atom is -0.457 e. The summed E-state index contributed by atoms with van der Waals surface area (Å²) in [5, 5.41) is 7.53. The van der Waals surface area contributed by atoms with Crippen LogP contribution in [0, 0.1) is 0 Å². The second-order valence-electron chi connectivity index (χ2n) is 7.64. The number of hydrogen-bond acceptors (Lipinski definition) is 6. The number of nitrogens with one attached hydrogen (secondary N) is 1. The molecule has 0 saturated heterocycles. The number of para-hydroxylation sites is 1. The summed E-state index contributed by atoms with van der Waals surface area (Å²) in [5.74, 6) is 1.54. The SMILES string of the molecule is CC1=C(C(=O)OCc2ccccc2)[C@@H](c2cccc(Oc3ccccc3)c2)n2ncnc2N1. The lowest BCUT2D eigenvalue weighted by molar-refractivity contribution is -0.140. The van der Waals surface area contributed by atoms with Gasteiger partial charge in [0.15, 0.2) is 0 Å². The second kappa shape index (κ2) is 9.00. The Bertz CT molecular complexity index is 1300. The number of esters is 1. The van der Waals surface area contributed by atoms with E-state index in [1.807, 2.05) is 91.9 Å². The van der Waals surface area contributed by atoms with Gasteiger partial charge in [-0.3, -0.25) is 0 Å². The maximum atomic E-state index is 13.3. The van der Waals surface area contributed by atoms with Gasteiger partial charge in [0.2, 0.25) is 5.95 Å². The lowest BCUT2D eigenvalue weighted by Crippen LogP contribution is -2.29. The normalized spacial score (nSPS) is 14.9. The summed E-state index contributed by atoms with van der Waals surface area (Å²) in [6, 6.07) is 26.3. The quantitative estimate of drug-likeness (QED) is 0.422. The molecule has 3 aromatic carbocycles. The van der Waals surface area contributed by atoms with Crippen LogP contribution in [-0.4, -0.2) is 20.7 Å². The van der Waals surface area contributed by atoms with Crippen LogP contribution in [0.5, 0.6) is 11.5 Å². The van der Waals surface area contributed by atoms with Crippen molar-refractivity contribution in [2.24, 2.45) is 0 Å². The van der Waals surface area contributed by atoms with E-state index in [2.05, 4.69) is 15.4 Å². The molecule has 0 saturated carbocycles. The second-order valence-corrected chi connectivity index (χ2v) is 7.64. The first kappa shape index (κ1) is 20.5. The maximum absolute atomic E-state index is 13.3. The standard InChI is InChI=1S/C26H22N4O3/c1-18-23(25(31)32-16-19-9-4-2-5-10-19)24(30-26(29-18)27-17-28-30)20-11-8-14-22(15-20)33-21-12-6-3-7-13-21/h2-15,17,24H,16H2,1H3,(H,27,28,29)/t24-/m1/s1. The van der Waals surface area contributed by atoms with E-state index < -0.39 is 12.0 Å². The highest BCUT2D eigenvalue weighted by Crippen LogP contribution is 2.37. The Morgan fingerprint density at radius 2 is 1.70 bits per heavy atom. The highest BCUT2D eigenvalue weighted by molar-refractivity contribution is 5.92. The van der Waals surface area contributed by atoms with Crippen LogP contribution in [0.15, 0.2) is 103 Å². The molecule has 164 valence electrons. The van der Waals surface area contributed by atoms with Gasteiger partial charge in [0.1, 0.15) is 30.5 Å². The van der Waals surface area contributed by atoms with E-state index in [0.717, 1.165) is 16.9 Å². The largest absolute Gasteiger partial charge is 0.457 e. The molecule has 0 spiro atoms. The fourth-order valence-electron chi connectivity index (χ4n) is 3.84. The Hall–Kier alpha value is -4.39. The number of aromatic nitrogens is 3. The summed E-state index contributed by atoms with van der Waals surface area (Å²) in [7, 11) is 0. The fourth-order valence-corrected chi connectivity index (χ4v) is 3.84. The summed E-state index contributed by atoms with van der Waals surface area (Å²) in [6.07, 6.45) is 1.46. The Labute approximate surface area is 191 Å². The van der Waals surface area contributed by atoms with Gasteiger partial charge in [-0.15, -0.1) is 0 Å². The Balaban J connectivity index is 1.47. The Morgan fingerprint density at radius 1 is 0.970 bits per heavy atom. The summed E-state index contributed by atoms with van der Waals surface area (Å²) in [6.45, 7) is 2.03. The molecule has 5 rings (SSSR count). The van der Waals surface area contributed by atoms with E-state index in [-0.39, 0.29) is 6.61 Å². The predicted molar refractivity (Wildman–Crippen MR) is 124 cm³/mol. The molecule has 1 atom stereocenters. The van der Waals surface area contributed by atoms with E-state index in [1.165, 1.54) is 6.33 Å². The van der Waals surface area contributed by atoms with Gasteiger partial charge >= 0.3 is 5.97 Å². The van der Waals surface area contributed by atoms with Gasteiger partial charge < -0.3 is 14.8 Å². The zero-order valence-corrected chi connectivity index (χ0v) is 18.0. The van der Waals surface area contributed by atoms with Gasteiger partial charge in [-0.1, -0.05) is 60.7 Å².